The van der Waals surface area contributed by atoms with Crippen LogP contribution in [0.15, 0.2) is 30.0 Å². The molecule has 0 spiro atoms. The fourth-order valence-corrected chi connectivity index (χ4v) is 3.11. The van der Waals surface area contributed by atoms with Gasteiger partial charge in [0.1, 0.15) is 11.6 Å². The Hall–Kier alpha value is -2.52. The van der Waals surface area contributed by atoms with Crippen molar-refractivity contribution in [2.75, 3.05) is 50.8 Å². The van der Waals surface area contributed by atoms with Crippen molar-refractivity contribution in [2.45, 2.75) is 27.2 Å². The molecule has 1 N–H and O–H groups in total. The minimum absolute atomic E-state index is 0.159. The standard InChI is InChI=1S/C21H30N4O2/c1-4-27-14-6-9-23-21(26)19(15-22)16-24-10-12-25(13-11-24)20-8-5-7-17(2)18(20)3/h5,7-8,16H,4,6,9-14H2,1-3H3,(H,23,26)/b19-16-. The smallest absolute Gasteiger partial charge is 0.263 e. The zero-order valence-electron chi connectivity index (χ0n) is 16.6. The van der Waals surface area contributed by atoms with Crippen molar-refractivity contribution in [3.8, 4) is 6.07 Å². The van der Waals surface area contributed by atoms with Crippen LogP contribution in [0.5, 0.6) is 0 Å². The second-order valence-corrected chi connectivity index (χ2v) is 6.70. The van der Waals surface area contributed by atoms with Gasteiger partial charge in [-0.3, -0.25) is 4.79 Å². The summed E-state index contributed by atoms with van der Waals surface area (Å²) in [4.78, 5) is 16.6. The number of benzene rings is 1. The minimum Gasteiger partial charge on any atom is -0.382 e. The van der Waals surface area contributed by atoms with Gasteiger partial charge in [0.2, 0.25) is 0 Å². The summed E-state index contributed by atoms with van der Waals surface area (Å²) in [6, 6.07) is 8.40. The van der Waals surface area contributed by atoms with E-state index >= 15 is 0 Å². The van der Waals surface area contributed by atoms with Crippen LogP contribution in [0, 0.1) is 25.2 Å². The van der Waals surface area contributed by atoms with E-state index in [-0.39, 0.29) is 11.5 Å². The van der Waals surface area contributed by atoms with E-state index in [0.717, 1.165) is 32.6 Å². The highest BCUT2D eigenvalue weighted by Gasteiger charge is 2.18. The van der Waals surface area contributed by atoms with Crippen LogP contribution in [-0.2, 0) is 9.53 Å². The number of carbonyl (C=O) groups excluding carboxylic acids is 1. The van der Waals surface area contributed by atoms with Crippen molar-refractivity contribution in [1.82, 2.24) is 10.2 Å². The van der Waals surface area contributed by atoms with Crippen molar-refractivity contribution < 1.29 is 9.53 Å². The van der Waals surface area contributed by atoms with Crippen molar-refractivity contribution in [1.29, 1.82) is 5.26 Å². The topological polar surface area (TPSA) is 68.6 Å². The number of ether oxygens (including phenoxy) is 1. The molecule has 1 fully saturated rings. The van der Waals surface area contributed by atoms with Gasteiger partial charge in [-0.15, -0.1) is 0 Å². The van der Waals surface area contributed by atoms with Crippen molar-refractivity contribution >= 4 is 11.6 Å². The molecule has 1 aliphatic heterocycles. The molecule has 0 saturated carbocycles. The lowest BCUT2D eigenvalue weighted by molar-refractivity contribution is -0.117. The summed E-state index contributed by atoms with van der Waals surface area (Å²) >= 11 is 0. The number of nitrogens with zero attached hydrogens (tertiary/aromatic N) is 3. The Labute approximate surface area is 162 Å². The quantitative estimate of drug-likeness (QED) is 0.432. The summed E-state index contributed by atoms with van der Waals surface area (Å²) in [5.74, 6) is -0.314. The van der Waals surface area contributed by atoms with E-state index in [9.17, 15) is 10.1 Å². The van der Waals surface area contributed by atoms with Crippen LogP contribution < -0.4 is 10.2 Å². The van der Waals surface area contributed by atoms with E-state index in [2.05, 4.69) is 47.2 Å². The highest BCUT2D eigenvalue weighted by molar-refractivity contribution is 5.97. The average Bonchev–Trinajstić information content (AvgIpc) is 2.68. The van der Waals surface area contributed by atoms with Gasteiger partial charge in [0, 0.05) is 57.8 Å². The molecule has 6 nitrogen and oxygen atoms in total. The van der Waals surface area contributed by atoms with Crippen LogP contribution in [0.3, 0.4) is 0 Å². The first kappa shape index (κ1) is 20.8. The molecule has 0 atom stereocenters. The summed E-state index contributed by atoms with van der Waals surface area (Å²) in [7, 11) is 0. The molecule has 1 aromatic rings. The predicted octanol–water partition coefficient (Wildman–Crippen LogP) is 2.38. The van der Waals surface area contributed by atoms with E-state index in [1.54, 1.807) is 6.20 Å². The number of carbonyl (C=O) groups is 1. The van der Waals surface area contributed by atoms with Crippen molar-refractivity contribution in [3.05, 3.63) is 41.1 Å². The van der Waals surface area contributed by atoms with Gasteiger partial charge in [-0.2, -0.15) is 5.26 Å². The lowest BCUT2D eigenvalue weighted by atomic mass is 10.1. The molecule has 0 aliphatic carbocycles. The molecule has 1 aliphatic rings. The molecule has 6 heteroatoms. The third-order valence-corrected chi connectivity index (χ3v) is 4.86. The summed E-state index contributed by atoms with van der Waals surface area (Å²) in [6.07, 6.45) is 2.44. The van der Waals surface area contributed by atoms with Crippen LogP contribution in [-0.4, -0.2) is 56.7 Å². The Morgan fingerprint density at radius 3 is 2.70 bits per heavy atom. The lowest BCUT2D eigenvalue weighted by Crippen LogP contribution is -2.44. The highest BCUT2D eigenvalue weighted by atomic mass is 16.5. The Bertz CT molecular complexity index is 701. The van der Waals surface area contributed by atoms with Crippen LogP contribution in [0.2, 0.25) is 0 Å². The molecule has 1 saturated heterocycles. The molecule has 1 aromatic carbocycles. The Morgan fingerprint density at radius 2 is 2.04 bits per heavy atom. The fraction of sp³-hybridized carbons (Fsp3) is 0.524. The molecule has 27 heavy (non-hydrogen) atoms. The summed E-state index contributed by atoms with van der Waals surface area (Å²) in [5.41, 5.74) is 4.03. The van der Waals surface area contributed by atoms with Gasteiger partial charge >= 0.3 is 0 Å². The predicted molar refractivity (Wildman–Crippen MR) is 108 cm³/mol. The van der Waals surface area contributed by atoms with Crippen LogP contribution in [0.1, 0.15) is 24.5 Å². The molecule has 0 unspecified atom stereocenters. The van der Waals surface area contributed by atoms with E-state index in [1.807, 2.05) is 13.0 Å². The monoisotopic (exact) mass is 370 g/mol. The third kappa shape index (κ3) is 6.00. The summed E-state index contributed by atoms with van der Waals surface area (Å²) in [6.45, 7) is 11.3. The average molecular weight is 370 g/mol. The summed E-state index contributed by atoms with van der Waals surface area (Å²) < 4.78 is 5.24. The fourth-order valence-electron chi connectivity index (χ4n) is 3.11. The molecular weight excluding hydrogens is 340 g/mol. The van der Waals surface area contributed by atoms with Gasteiger partial charge < -0.3 is 19.9 Å². The van der Waals surface area contributed by atoms with Gasteiger partial charge in [0.15, 0.2) is 0 Å². The van der Waals surface area contributed by atoms with E-state index in [0.29, 0.717) is 19.8 Å². The van der Waals surface area contributed by atoms with Crippen LogP contribution in [0.4, 0.5) is 5.69 Å². The third-order valence-electron chi connectivity index (χ3n) is 4.86. The molecule has 0 bridgehead atoms. The van der Waals surface area contributed by atoms with Crippen molar-refractivity contribution in [3.63, 3.8) is 0 Å². The zero-order valence-corrected chi connectivity index (χ0v) is 16.6. The normalized spacial score (nSPS) is 14.8. The first-order chi connectivity index (χ1) is 13.1. The second kappa shape index (κ2) is 10.6. The number of hydrogen-bond acceptors (Lipinski definition) is 5. The van der Waals surface area contributed by atoms with E-state index in [4.69, 9.17) is 4.74 Å². The van der Waals surface area contributed by atoms with Gasteiger partial charge in [-0.1, -0.05) is 12.1 Å². The maximum Gasteiger partial charge on any atom is 0.263 e. The van der Waals surface area contributed by atoms with Crippen LogP contribution in [0.25, 0.3) is 0 Å². The number of aryl methyl sites for hydroxylation is 1. The molecule has 0 radical (unpaired) electrons. The maximum atomic E-state index is 12.2. The Balaban J connectivity index is 1.87. The first-order valence-electron chi connectivity index (χ1n) is 9.60. The number of rotatable bonds is 8. The number of amides is 1. The molecule has 2 rings (SSSR count). The zero-order chi connectivity index (χ0) is 19.6. The number of piperazine rings is 1. The number of nitrogens with one attached hydrogen (secondary N) is 1. The van der Waals surface area contributed by atoms with Crippen molar-refractivity contribution in [2.24, 2.45) is 0 Å². The van der Waals surface area contributed by atoms with Gasteiger partial charge in [-0.05, 0) is 44.4 Å². The first-order valence-corrected chi connectivity index (χ1v) is 9.60. The number of nitriles is 1. The minimum atomic E-state index is -0.314. The second-order valence-electron chi connectivity index (χ2n) is 6.70. The highest BCUT2D eigenvalue weighted by Crippen LogP contribution is 2.24. The Kier molecular flexibility index (Phi) is 8.15. The molecule has 1 amide bonds. The van der Waals surface area contributed by atoms with Crippen LogP contribution >= 0.6 is 0 Å². The van der Waals surface area contributed by atoms with E-state index in [1.165, 1.54) is 16.8 Å². The number of anilines is 1. The largest absolute Gasteiger partial charge is 0.382 e. The number of hydrogen-bond donors (Lipinski definition) is 1. The van der Waals surface area contributed by atoms with E-state index < -0.39 is 0 Å². The maximum absolute atomic E-state index is 12.2. The molecule has 146 valence electrons. The lowest BCUT2D eigenvalue weighted by Gasteiger charge is -2.36. The van der Waals surface area contributed by atoms with Gasteiger partial charge in [0.05, 0.1) is 0 Å². The summed E-state index contributed by atoms with van der Waals surface area (Å²) in [5, 5.41) is 12.1. The molecular formula is C21H30N4O2. The molecule has 1 heterocycles. The molecule has 0 aromatic heterocycles. The SMILES string of the molecule is CCOCCCNC(=O)/C(C#N)=C\N1CCN(c2cccc(C)c2C)CC1. The Morgan fingerprint density at radius 1 is 1.30 bits per heavy atom. The van der Waals surface area contributed by atoms with Gasteiger partial charge in [-0.25, -0.2) is 0 Å². The van der Waals surface area contributed by atoms with Gasteiger partial charge in [0.25, 0.3) is 5.91 Å².